The molecule has 25 heavy (non-hydrogen) atoms. The second-order valence-electron chi connectivity index (χ2n) is 6.46. The Bertz CT molecular complexity index is 716. The van der Waals surface area contributed by atoms with Crippen LogP contribution in [0.25, 0.3) is 11.0 Å². The van der Waals surface area contributed by atoms with Crippen LogP contribution in [-0.2, 0) is 11.3 Å². The van der Waals surface area contributed by atoms with Crippen LogP contribution >= 0.6 is 12.4 Å². The zero-order valence-electron chi connectivity index (χ0n) is 14.5. The van der Waals surface area contributed by atoms with Gasteiger partial charge >= 0.3 is 0 Å². The van der Waals surface area contributed by atoms with Gasteiger partial charge in [-0.3, -0.25) is 4.79 Å². The molecule has 2 aromatic rings. The highest BCUT2D eigenvalue weighted by Gasteiger charge is 2.27. The molecule has 2 unspecified atom stereocenters. The molecule has 1 aromatic heterocycles. The molecule has 3 rings (SSSR count). The minimum atomic E-state index is -0.426. The minimum absolute atomic E-state index is 0. The van der Waals surface area contributed by atoms with E-state index in [0.717, 1.165) is 10.9 Å². The van der Waals surface area contributed by atoms with Crippen molar-refractivity contribution in [3.63, 3.8) is 0 Å². The average Bonchev–Trinajstić information content (AvgIpc) is 3.14. The van der Waals surface area contributed by atoms with Crippen molar-refractivity contribution in [2.45, 2.75) is 32.7 Å². The first kappa shape index (κ1) is 19.7. The number of aliphatic hydroxyl groups is 1. The average molecular weight is 369 g/mol. The SMILES string of the molecule is CC(C)OCc1c(C(=O)NCC2CNCC2O)oc2ccccc12.Cl. The normalized spacial score (nSPS) is 20.0. The molecule has 3 N–H and O–H groups in total. The molecule has 1 fully saturated rings. The van der Waals surface area contributed by atoms with E-state index in [1.165, 1.54) is 0 Å². The van der Waals surface area contributed by atoms with Crippen LogP contribution in [0.15, 0.2) is 28.7 Å². The Morgan fingerprint density at radius 3 is 2.84 bits per heavy atom. The summed E-state index contributed by atoms with van der Waals surface area (Å²) in [6.45, 7) is 5.91. The van der Waals surface area contributed by atoms with Crippen molar-refractivity contribution in [3.8, 4) is 0 Å². The maximum atomic E-state index is 12.6. The standard InChI is InChI=1S/C18H24N2O4.ClH/c1-11(2)23-10-14-13-5-3-4-6-16(13)24-17(14)18(22)20-8-12-7-19-9-15(12)21;/h3-6,11-12,15,19,21H,7-10H2,1-2H3,(H,20,22);1H. The summed E-state index contributed by atoms with van der Waals surface area (Å²) in [7, 11) is 0. The number of hydrogen-bond acceptors (Lipinski definition) is 5. The molecule has 0 saturated carbocycles. The van der Waals surface area contributed by atoms with Crippen LogP contribution in [0.2, 0.25) is 0 Å². The Morgan fingerprint density at radius 2 is 2.16 bits per heavy atom. The molecule has 0 radical (unpaired) electrons. The van der Waals surface area contributed by atoms with Gasteiger partial charge in [0, 0.05) is 36.5 Å². The second kappa shape index (κ2) is 8.67. The molecule has 0 aliphatic carbocycles. The number of nitrogens with one attached hydrogen (secondary N) is 2. The Morgan fingerprint density at radius 1 is 1.40 bits per heavy atom. The highest BCUT2D eigenvalue weighted by atomic mass is 35.5. The van der Waals surface area contributed by atoms with Gasteiger partial charge in [0.1, 0.15) is 5.58 Å². The van der Waals surface area contributed by atoms with Crippen LogP contribution in [-0.4, -0.2) is 42.9 Å². The molecular weight excluding hydrogens is 344 g/mol. The number of carbonyl (C=O) groups excluding carboxylic acids is 1. The number of rotatable bonds is 6. The molecule has 6 nitrogen and oxygen atoms in total. The van der Waals surface area contributed by atoms with Gasteiger partial charge in [-0.05, 0) is 19.9 Å². The van der Waals surface area contributed by atoms with Crippen LogP contribution in [0, 0.1) is 5.92 Å². The Balaban J connectivity index is 0.00000225. The lowest BCUT2D eigenvalue weighted by Gasteiger charge is -2.14. The van der Waals surface area contributed by atoms with Gasteiger partial charge in [-0.15, -0.1) is 12.4 Å². The van der Waals surface area contributed by atoms with Crippen molar-refractivity contribution in [1.82, 2.24) is 10.6 Å². The van der Waals surface area contributed by atoms with Gasteiger partial charge in [-0.25, -0.2) is 0 Å². The van der Waals surface area contributed by atoms with E-state index in [9.17, 15) is 9.90 Å². The van der Waals surface area contributed by atoms with Gasteiger partial charge in [0.15, 0.2) is 5.76 Å². The van der Waals surface area contributed by atoms with E-state index in [4.69, 9.17) is 9.15 Å². The fourth-order valence-electron chi connectivity index (χ4n) is 2.91. The highest BCUT2D eigenvalue weighted by Crippen LogP contribution is 2.27. The maximum absolute atomic E-state index is 12.6. The van der Waals surface area contributed by atoms with Gasteiger partial charge in [-0.1, -0.05) is 18.2 Å². The molecule has 1 aromatic carbocycles. The summed E-state index contributed by atoms with van der Waals surface area (Å²) < 4.78 is 11.5. The van der Waals surface area contributed by atoms with Gasteiger partial charge in [0.25, 0.3) is 5.91 Å². The highest BCUT2D eigenvalue weighted by molar-refractivity contribution is 5.99. The Kier molecular flexibility index (Phi) is 6.84. The van der Waals surface area contributed by atoms with E-state index in [2.05, 4.69) is 10.6 Å². The third-order valence-electron chi connectivity index (χ3n) is 4.29. The first-order valence-corrected chi connectivity index (χ1v) is 8.35. The summed E-state index contributed by atoms with van der Waals surface area (Å²) in [6, 6.07) is 7.56. The third-order valence-corrected chi connectivity index (χ3v) is 4.29. The van der Waals surface area contributed by atoms with Crippen molar-refractivity contribution in [2.24, 2.45) is 5.92 Å². The predicted octanol–water partition coefficient (Wildman–Crippen LogP) is 2.09. The zero-order valence-corrected chi connectivity index (χ0v) is 15.3. The lowest BCUT2D eigenvalue weighted by molar-refractivity contribution is 0.0642. The molecule has 1 saturated heterocycles. The van der Waals surface area contributed by atoms with Gasteiger partial charge in [0.2, 0.25) is 0 Å². The number of hydrogen-bond donors (Lipinski definition) is 3. The molecule has 2 atom stereocenters. The number of fused-ring (bicyclic) bond motifs is 1. The summed E-state index contributed by atoms with van der Waals surface area (Å²) in [5.74, 6) is 0.0404. The van der Waals surface area contributed by atoms with E-state index in [1.807, 2.05) is 38.1 Å². The number of furan rings is 1. The molecule has 138 valence electrons. The van der Waals surface area contributed by atoms with E-state index in [0.29, 0.717) is 31.8 Å². The van der Waals surface area contributed by atoms with Crippen molar-refractivity contribution >= 4 is 29.3 Å². The third kappa shape index (κ3) is 4.52. The van der Waals surface area contributed by atoms with E-state index < -0.39 is 6.10 Å². The number of carbonyl (C=O) groups is 1. The topological polar surface area (TPSA) is 83.7 Å². The molecule has 1 aliphatic rings. The first-order chi connectivity index (χ1) is 11.6. The fraction of sp³-hybridized carbons (Fsp3) is 0.500. The first-order valence-electron chi connectivity index (χ1n) is 8.35. The maximum Gasteiger partial charge on any atom is 0.287 e. The minimum Gasteiger partial charge on any atom is -0.451 e. The monoisotopic (exact) mass is 368 g/mol. The van der Waals surface area contributed by atoms with Gasteiger partial charge < -0.3 is 24.9 Å². The molecule has 0 spiro atoms. The summed E-state index contributed by atoms with van der Waals surface area (Å²) >= 11 is 0. The number of halogens is 1. The number of β-amino-alcohol motifs (C(OH)–C–C–N with tert-alkyl or cyclic N) is 1. The van der Waals surface area contributed by atoms with Crippen LogP contribution < -0.4 is 10.6 Å². The summed E-state index contributed by atoms with van der Waals surface area (Å²) in [5, 5.41) is 16.7. The van der Waals surface area contributed by atoms with Crippen molar-refractivity contribution in [2.75, 3.05) is 19.6 Å². The smallest absolute Gasteiger partial charge is 0.287 e. The molecule has 7 heteroatoms. The predicted molar refractivity (Wildman–Crippen MR) is 98.1 cm³/mol. The van der Waals surface area contributed by atoms with Crippen molar-refractivity contribution < 1.29 is 19.1 Å². The largest absolute Gasteiger partial charge is 0.451 e. The van der Waals surface area contributed by atoms with Gasteiger partial charge in [0.05, 0.1) is 18.8 Å². The van der Waals surface area contributed by atoms with Crippen molar-refractivity contribution in [1.29, 1.82) is 0 Å². The summed E-state index contributed by atoms with van der Waals surface area (Å²) in [6.07, 6.45) is -0.362. The van der Waals surface area contributed by atoms with Gasteiger partial charge in [-0.2, -0.15) is 0 Å². The summed E-state index contributed by atoms with van der Waals surface area (Å²) in [5.41, 5.74) is 1.44. The lowest BCUT2D eigenvalue weighted by Crippen LogP contribution is -2.34. The quantitative estimate of drug-likeness (QED) is 0.727. The molecule has 2 heterocycles. The zero-order chi connectivity index (χ0) is 17.1. The molecule has 0 bridgehead atoms. The lowest BCUT2D eigenvalue weighted by atomic mass is 10.1. The second-order valence-corrected chi connectivity index (χ2v) is 6.46. The Labute approximate surface area is 153 Å². The number of aliphatic hydroxyl groups excluding tert-OH is 1. The van der Waals surface area contributed by atoms with Crippen LogP contribution in [0.4, 0.5) is 0 Å². The Hall–Kier alpha value is -1.60. The number of benzene rings is 1. The van der Waals surface area contributed by atoms with E-state index in [-0.39, 0.29) is 36.1 Å². The number of amides is 1. The number of ether oxygens (including phenoxy) is 1. The van der Waals surface area contributed by atoms with E-state index in [1.54, 1.807) is 0 Å². The van der Waals surface area contributed by atoms with Crippen LogP contribution in [0.3, 0.4) is 0 Å². The molecular formula is C18H25ClN2O4. The molecule has 1 amide bonds. The van der Waals surface area contributed by atoms with Crippen molar-refractivity contribution in [3.05, 3.63) is 35.6 Å². The summed E-state index contributed by atoms with van der Waals surface area (Å²) in [4.78, 5) is 12.6. The number of para-hydroxylation sites is 1. The van der Waals surface area contributed by atoms with E-state index >= 15 is 0 Å². The molecule has 1 aliphatic heterocycles. The van der Waals surface area contributed by atoms with Crippen LogP contribution in [0.1, 0.15) is 30.0 Å². The fourth-order valence-corrected chi connectivity index (χ4v) is 2.91. The van der Waals surface area contributed by atoms with Crippen LogP contribution in [0.5, 0.6) is 0 Å².